The Bertz CT molecular complexity index is 874. The summed E-state index contributed by atoms with van der Waals surface area (Å²) in [7, 11) is 0. The minimum absolute atomic E-state index is 0.00213. The average molecular weight is 373 g/mol. The Morgan fingerprint density at radius 2 is 2.00 bits per heavy atom. The number of anilines is 1. The quantitative estimate of drug-likeness (QED) is 0.668. The molecular formula is C17H13BrN2OS. The molecule has 22 heavy (non-hydrogen) atoms. The van der Waals surface area contributed by atoms with Gasteiger partial charge < -0.3 is 5.32 Å². The Hall–Kier alpha value is -1.69. The summed E-state index contributed by atoms with van der Waals surface area (Å²) < 4.78 is 2.23. The summed E-state index contributed by atoms with van der Waals surface area (Å²) in [6.07, 6.45) is 0. The van der Waals surface area contributed by atoms with Crippen LogP contribution in [0.3, 0.4) is 0 Å². The first-order valence-corrected chi connectivity index (χ1v) is 8.63. The standard InChI is InChI=1S/C17H13BrN2OS/c18-11-5-3-4-10(8-11)15-17-16(20-14(21)9-19-15)12-6-1-2-7-13(12)22-17/h1-8,15,19H,9H2,(H,20,21). The van der Waals surface area contributed by atoms with Crippen LogP contribution in [0, 0.1) is 0 Å². The SMILES string of the molecule is O=C1CNC(c2cccc(Br)c2)c2sc3ccccc3c2N1. The summed E-state index contributed by atoms with van der Waals surface area (Å²) in [6, 6.07) is 16.4. The molecule has 0 fully saturated rings. The van der Waals surface area contributed by atoms with E-state index in [9.17, 15) is 4.79 Å². The molecule has 3 nitrogen and oxygen atoms in total. The van der Waals surface area contributed by atoms with E-state index in [-0.39, 0.29) is 11.9 Å². The molecule has 1 unspecified atom stereocenters. The van der Waals surface area contributed by atoms with Crippen LogP contribution in [0.5, 0.6) is 0 Å². The molecule has 0 aliphatic carbocycles. The van der Waals surface area contributed by atoms with E-state index in [0.717, 1.165) is 26.0 Å². The van der Waals surface area contributed by atoms with Gasteiger partial charge in [-0.15, -0.1) is 11.3 Å². The minimum Gasteiger partial charge on any atom is -0.323 e. The van der Waals surface area contributed by atoms with Crippen molar-refractivity contribution in [2.75, 3.05) is 11.9 Å². The number of carbonyl (C=O) groups excluding carboxylic acids is 1. The summed E-state index contributed by atoms with van der Waals surface area (Å²) in [5.74, 6) is 0.00213. The van der Waals surface area contributed by atoms with Gasteiger partial charge in [-0.2, -0.15) is 0 Å². The van der Waals surface area contributed by atoms with Gasteiger partial charge in [0.1, 0.15) is 0 Å². The van der Waals surface area contributed by atoms with Crippen molar-refractivity contribution in [3.63, 3.8) is 0 Å². The Kier molecular flexibility index (Phi) is 3.48. The largest absolute Gasteiger partial charge is 0.323 e. The second-order valence-corrected chi connectivity index (χ2v) is 7.25. The number of hydrogen-bond donors (Lipinski definition) is 2. The van der Waals surface area contributed by atoms with Crippen LogP contribution < -0.4 is 10.6 Å². The predicted octanol–water partition coefficient (Wildman–Crippen LogP) is 4.29. The van der Waals surface area contributed by atoms with E-state index in [1.165, 1.54) is 4.70 Å². The maximum Gasteiger partial charge on any atom is 0.238 e. The summed E-state index contributed by atoms with van der Waals surface area (Å²) in [5.41, 5.74) is 2.10. The van der Waals surface area contributed by atoms with Crippen LogP contribution in [-0.4, -0.2) is 12.5 Å². The van der Waals surface area contributed by atoms with Crippen molar-refractivity contribution < 1.29 is 4.79 Å². The lowest BCUT2D eigenvalue weighted by molar-refractivity contribution is -0.115. The van der Waals surface area contributed by atoms with Crippen molar-refractivity contribution in [2.45, 2.75) is 6.04 Å². The summed E-state index contributed by atoms with van der Waals surface area (Å²) >= 11 is 5.26. The molecule has 0 saturated carbocycles. The summed E-state index contributed by atoms with van der Waals surface area (Å²) in [5, 5.41) is 7.54. The van der Waals surface area contributed by atoms with Gasteiger partial charge in [0.15, 0.2) is 0 Å². The summed E-state index contributed by atoms with van der Waals surface area (Å²) in [4.78, 5) is 13.2. The molecule has 2 heterocycles. The van der Waals surface area contributed by atoms with Crippen LogP contribution in [0.2, 0.25) is 0 Å². The van der Waals surface area contributed by atoms with Gasteiger partial charge in [-0.25, -0.2) is 0 Å². The second kappa shape index (κ2) is 5.50. The van der Waals surface area contributed by atoms with Crippen LogP contribution in [0.15, 0.2) is 53.0 Å². The minimum atomic E-state index is 0.00213. The number of rotatable bonds is 1. The van der Waals surface area contributed by atoms with Crippen LogP contribution in [0.25, 0.3) is 10.1 Å². The second-order valence-electron chi connectivity index (χ2n) is 5.25. The normalized spacial score (nSPS) is 17.9. The molecule has 5 heteroatoms. The lowest BCUT2D eigenvalue weighted by atomic mass is 10.0. The molecule has 0 spiro atoms. The molecule has 2 N–H and O–H groups in total. The predicted molar refractivity (Wildman–Crippen MR) is 94.4 cm³/mol. The van der Waals surface area contributed by atoms with Gasteiger partial charge in [0.05, 0.1) is 23.2 Å². The van der Waals surface area contributed by atoms with Gasteiger partial charge in [0.2, 0.25) is 5.91 Å². The van der Waals surface area contributed by atoms with E-state index >= 15 is 0 Å². The van der Waals surface area contributed by atoms with Crippen molar-refractivity contribution >= 4 is 48.9 Å². The lowest BCUT2D eigenvalue weighted by Crippen LogP contribution is -2.27. The topological polar surface area (TPSA) is 41.1 Å². The van der Waals surface area contributed by atoms with Crippen molar-refractivity contribution in [3.8, 4) is 0 Å². The molecule has 0 radical (unpaired) electrons. The number of benzene rings is 2. The number of nitrogens with one attached hydrogen (secondary N) is 2. The Morgan fingerprint density at radius 3 is 2.86 bits per heavy atom. The zero-order valence-electron chi connectivity index (χ0n) is 11.6. The van der Waals surface area contributed by atoms with E-state index < -0.39 is 0 Å². The number of thiophene rings is 1. The highest BCUT2D eigenvalue weighted by Gasteiger charge is 2.26. The van der Waals surface area contributed by atoms with Crippen LogP contribution >= 0.6 is 27.3 Å². The first kappa shape index (κ1) is 13.9. The lowest BCUT2D eigenvalue weighted by Gasteiger charge is -2.16. The van der Waals surface area contributed by atoms with Crippen LogP contribution in [-0.2, 0) is 4.79 Å². The highest BCUT2D eigenvalue weighted by molar-refractivity contribution is 9.10. The number of carbonyl (C=O) groups is 1. The van der Waals surface area contributed by atoms with E-state index in [1.807, 2.05) is 24.3 Å². The molecule has 1 aliphatic rings. The third-order valence-corrected chi connectivity index (χ3v) is 5.53. The fourth-order valence-corrected chi connectivity index (χ4v) is 4.50. The van der Waals surface area contributed by atoms with Crippen molar-refractivity contribution in [1.82, 2.24) is 5.32 Å². The third-order valence-electron chi connectivity index (χ3n) is 3.80. The van der Waals surface area contributed by atoms with E-state index in [0.29, 0.717) is 6.54 Å². The van der Waals surface area contributed by atoms with Crippen LogP contribution in [0.4, 0.5) is 5.69 Å². The van der Waals surface area contributed by atoms with Crippen molar-refractivity contribution in [2.24, 2.45) is 0 Å². The Labute approximate surface area is 140 Å². The summed E-state index contributed by atoms with van der Waals surface area (Å²) in [6.45, 7) is 0.312. The number of hydrogen-bond acceptors (Lipinski definition) is 3. The Balaban J connectivity index is 1.93. The fraction of sp³-hybridized carbons (Fsp3) is 0.118. The zero-order valence-corrected chi connectivity index (χ0v) is 14.0. The molecular weight excluding hydrogens is 360 g/mol. The van der Waals surface area contributed by atoms with Gasteiger partial charge in [0.25, 0.3) is 0 Å². The molecule has 2 aromatic carbocycles. The molecule has 110 valence electrons. The molecule has 0 saturated heterocycles. The highest BCUT2D eigenvalue weighted by atomic mass is 79.9. The molecule has 4 rings (SSSR count). The zero-order chi connectivity index (χ0) is 15.1. The van der Waals surface area contributed by atoms with Crippen molar-refractivity contribution in [1.29, 1.82) is 0 Å². The smallest absolute Gasteiger partial charge is 0.238 e. The number of halogens is 1. The molecule has 1 aliphatic heterocycles. The van der Waals surface area contributed by atoms with Gasteiger partial charge in [-0.3, -0.25) is 10.1 Å². The maximum atomic E-state index is 12.1. The van der Waals surface area contributed by atoms with E-state index in [4.69, 9.17) is 0 Å². The Morgan fingerprint density at radius 1 is 1.14 bits per heavy atom. The average Bonchev–Trinajstić information content (AvgIpc) is 2.78. The monoisotopic (exact) mass is 372 g/mol. The maximum absolute atomic E-state index is 12.1. The first-order valence-electron chi connectivity index (χ1n) is 7.02. The molecule has 1 aromatic heterocycles. The fourth-order valence-electron chi connectivity index (χ4n) is 2.82. The van der Waals surface area contributed by atoms with E-state index in [1.54, 1.807) is 11.3 Å². The molecule has 0 bridgehead atoms. The highest BCUT2D eigenvalue weighted by Crippen LogP contribution is 2.42. The van der Waals surface area contributed by atoms with Gasteiger partial charge in [-0.1, -0.05) is 46.3 Å². The van der Waals surface area contributed by atoms with Crippen LogP contribution in [0.1, 0.15) is 16.5 Å². The number of fused-ring (bicyclic) bond motifs is 3. The molecule has 3 aromatic rings. The van der Waals surface area contributed by atoms with Gasteiger partial charge in [0, 0.05) is 14.6 Å². The van der Waals surface area contributed by atoms with Crippen molar-refractivity contribution in [3.05, 3.63) is 63.4 Å². The molecule has 1 atom stereocenters. The number of amides is 1. The third kappa shape index (κ3) is 2.35. The molecule has 1 amide bonds. The van der Waals surface area contributed by atoms with E-state index in [2.05, 4.69) is 50.8 Å². The van der Waals surface area contributed by atoms with Gasteiger partial charge >= 0.3 is 0 Å². The first-order chi connectivity index (χ1) is 10.7. The van der Waals surface area contributed by atoms with Gasteiger partial charge in [-0.05, 0) is 23.8 Å².